The third-order valence-electron chi connectivity index (χ3n) is 5.16. The predicted molar refractivity (Wildman–Crippen MR) is 119 cm³/mol. The summed E-state index contributed by atoms with van der Waals surface area (Å²) < 4.78 is 26.4. The van der Waals surface area contributed by atoms with E-state index in [1.54, 1.807) is 13.0 Å². The van der Waals surface area contributed by atoms with Crippen molar-refractivity contribution in [3.05, 3.63) is 101 Å². The molecule has 0 radical (unpaired) electrons. The lowest BCUT2D eigenvalue weighted by atomic mass is 9.88. The number of carbonyl (C=O) groups excluding carboxylic acids is 1. The van der Waals surface area contributed by atoms with Crippen molar-refractivity contribution in [1.29, 1.82) is 0 Å². The van der Waals surface area contributed by atoms with Crippen molar-refractivity contribution in [2.45, 2.75) is 24.2 Å². The van der Waals surface area contributed by atoms with Crippen molar-refractivity contribution in [3.63, 3.8) is 0 Å². The van der Waals surface area contributed by atoms with E-state index in [0.717, 1.165) is 12.0 Å². The summed E-state index contributed by atoms with van der Waals surface area (Å²) in [5.74, 6) is -0.120. The Labute approximate surface area is 178 Å². The van der Waals surface area contributed by atoms with Gasteiger partial charge in [-0.05, 0) is 49.2 Å². The lowest BCUT2D eigenvalue weighted by Crippen LogP contribution is -2.27. The highest BCUT2D eigenvalue weighted by molar-refractivity contribution is 7.89. The Morgan fingerprint density at radius 1 is 0.900 bits per heavy atom. The Balaban J connectivity index is 1.74. The highest BCUT2D eigenvalue weighted by Gasteiger charge is 2.18. The number of rotatable bonds is 8. The number of nitrogens with one attached hydrogen (secondary N) is 2. The molecule has 3 aromatic rings. The van der Waals surface area contributed by atoms with Gasteiger partial charge in [-0.25, -0.2) is 13.1 Å². The van der Waals surface area contributed by atoms with Gasteiger partial charge in [-0.1, -0.05) is 66.7 Å². The maximum absolute atomic E-state index is 12.8. The van der Waals surface area contributed by atoms with Crippen LogP contribution in [-0.2, 0) is 10.0 Å². The molecular weight excluding hydrogens is 396 g/mol. The van der Waals surface area contributed by atoms with E-state index in [0.29, 0.717) is 12.1 Å². The number of hydrogen-bond donors (Lipinski definition) is 2. The van der Waals surface area contributed by atoms with Crippen LogP contribution in [0.15, 0.2) is 83.8 Å². The zero-order valence-corrected chi connectivity index (χ0v) is 17.9. The van der Waals surface area contributed by atoms with Crippen molar-refractivity contribution in [1.82, 2.24) is 10.0 Å². The van der Waals surface area contributed by atoms with Crippen molar-refractivity contribution in [2.24, 2.45) is 0 Å². The highest BCUT2D eigenvalue weighted by atomic mass is 32.2. The van der Waals surface area contributed by atoms with Gasteiger partial charge in [-0.2, -0.15) is 0 Å². The molecule has 0 saturated carbocycles. The monoisotopic (exact) mass is 422 g/mol. The fourth-order valence-electron chi connectivity index (χ4n) is 3.45. The molecule has 0 bridgehead atoms. The van der Waals surface area contributed by atoms with Crippen LogP contribution in [0.2, 0.25) is 0 Å². The number of aryl methyl sites for hydroxylation is 1. The summed E-state index contributed by atoms with van der Waals surface area (Å²) in [6, 6.07) is 25.0. The van der Waals surface area contributed by atoms with Gasteiger partial charge in [0.2, 0.25) is 10.0 Å². The summed E-state index contributed by atoms with van der Waals surface area (Å²) in [4.78, 5) is 12.8. The molecule has 0 fully saturated rings. The zero-order valence-electron chi connectivity index (χ0n) is 17.1. The molecule has 2 N–H and O–H groups in total. The molecule has 0 aromatic heterocycles. The van der Waals surface area contributed by atoms with E-state index in [4.69, 9.17) is 0 Å². The average Bonchev–Trinajstić information content (AvgIpc) is 2.78. The van der Waals surface area contributed by atoms with Gasteiger partial charge in [0.1, 0.15) is 0 Å². The van der Waals surface area contributed by atoms with Crippen LogP contribution in [0.1, 0.15) is 39.4 Å². The molecule has 3 rings (SSSR count). The van der Waals surface area contributed by atoms with Crippen molar-refractivity contribution in [3.8, 4) is 0 Å². The molecule has 0 spiro atoms. The first-order valence-corrected chi connectivity index (χ1v) is 11.3. The molecule has 0 atom stereocenters. The topological polar surface area (TPSA) is 75.3 Å². The first-order valence-electron chi connectivity index (χ1n) is 9.84. The minimum Gasteiger partial charge on any atom is -0.352 e. The van der Waals surface area contributed by atoms with Crippen molar-refractivity contribution >= 4 is 15.9 Å². The SMILES string of the molecule is CNS(=O)(=O)c1ccc(C)c(C(=O)NCCC(c2ccccc2)c2ccccc2)c1. The number of amides is 1. The summed E-state index contributed by atoms with van der Waals surface area (Å²) in [5, 5.41) is 2.95. The molecule has 3 aromatic carbocycles. The van der Waals surface area contributed by atoms with Gasteiger partial charge in [-0.15, -0.1) is 0 Å². The summed E-state index contributed by atoms with van der Waals surface area (Å²) in [6.45, 7) is 2.26. The van der Waals surface area contributed by atoms with Crippen molar-refractivity contribution < 1.29 is 13.2 Å². The van der Waals surface area contributed by atoms with Crippen LogP contribution in [0.25, 0.3) is 0 Å². The molecule has 1 amide bonds. The Morgan fingerprint density at radius 2 is 1.47 bits per heavy atom. The predicted octanol–water partition coefficient (Wildman–Crippen LogP) is 3.86. The van der Waals surface area contributed by atoms with E-state index in [2.05, 4.69) is 34.3 Å². The van der Waals surface area contributed by atoms with Crippen LogP contribution in [0.5, 0.6) is 0 Å². The molecule has 0 aliphatic heterocycles. The van der Waals surface area contributed by atoms with Crippen LogP contribution in [0.4, 0.5) is 0 Å². The number of benzene rings is 3. The van der Waals surface area contributed by atoms with Crippen molar-refractivity contribution in [2.75, 3.05) is 13.6 Å². The molecule has 5 nitrogen and oxygen atoms in total. The van der Waals surface area contributed by atoms with Gasteiger partial charge in [0.05, 0.1) is 4.90 Å². The second-order valence-corrected chi connectivity index (χ2v) is 8.99. The van der Waals surface area contributed by atoms with E-state index < -0.39 is 10.0 Å². The minimum absolute atomic E-state index is 0.0761. The van der Waals surface area contributed by atoms with Gasteiger partial charge >= 0.3 is 0 Å². The molecule has 156 valence electrons. The normalized spacial score (nSPS) is 11.4. The van der Waals surface area contributed by atoms with Crippen LogP contribution in [0.3, 0.4) is 0 Å². The molecule has 0 saturated heterocycles. The second kappa shape index (κ2) is 9.69. The highest BCUT2D eigenvalue weighted by Crippen LogP contribution is 2.27. The van der Waals surface area contributed by atoms with E-state index in [1.165, 1.54) is 30.3 Å². The number of carbonyl (C=O) groups is 1. The Bertz CT molecular complexity index is 1060. The maximum atomic E-state index is 12.8. The summed E-state index contributed by atoms with van der Waals surface area (Å²) in [5.41, 5.74) is 3.47. The smallest absolute Gasteiger partial charge is 0.251 e. The van der Waals surface area contributed by atoms with E-state index >= 15 is 0 Å². The summed E-state index contributed by atoms with van der Waals surface area (Å²) in [6.07, 6.45) is 0.729. The average molecular weight is 423 g/mol. The maximum Gasteiger partial charge on any atom is 0.251 e. The van der Waals surface area contributed by atoms with E-state index in [9.17, 15) is 13.2 Å². The third kappa shape index (κ3) is 5.14. The standard InChI is InChI=1S/C24H26N2O3S/c1-18-13-14-21(30(28,29)25-2)17-23(18)24(27)26-16-15-22(19-9-5-3-6-10-19)20-11-7-4-8-12-20/h3-14,17,22,25H,15-16H2,1-2H3,(H,26,27). The summed E-state index contributed by atoms with van der Waals surface area (Å²) in [7, 11) is -2.26. The van der Waals surface area contributed by atoms with Crippen LogP contribution < -0.4 is 10.0 Å². The molecule has 0 unspecified atom stereocenters. The number of hydrogen-bond acceptors (Lipinski definition) is 3. The summed E-state index contributed by atoms with van der Waals surface area (Å²) >= 11 is 0. The molecule has 0 heterocycles. The first-order chi connectivity index (χ1) is 14.4. The van der Waals surface area contributed by atoms with Crippen LogP contribution in [-0.4, -0.2) is 27.9 Å². The lowest BCUT2D eigenvalue weighted by Gasteiger charge is -2.19. The van der Waals surface area contributed by atoms with Gasteiger partial charge in [0, 0.05) is 18.0 Å². The Morgan fingerprint density at radius 3 is 2.00 bits per heavy atom. The molecule has 0 aliphatic rings. The fraction of sp³-hybridized carbons (Fsp3) is 0.208. The quantitative estimate of drug-likeness (QED) is 0.579. The molecule has 30 heavy (non-hydrogen) atoms. The van der Waals surface area contributed by atoms with Gasteiger partial charge in [-0.3, -0.25) is 4.79 Å². The second-order valence-electron chi connectivity index (χ2n) is 7.10. The van der Waals surface area contributed by atoms with Crippen LogP contribution in [0, 0.1) is 6.92 Å². The minimum atomic E-state index is -3.61. The molecular formula is C24H26N2O3S. The third-order valence-corrected chi connectivity index (χ3v) is 6.57. The van der Waals surface area contributed by atoms with E-state index in [1.807, 2.05) is 36.4 Å². The largest absolute Gasteiger partial charge is 0.352 e. The van der Waals surface area contributed by atoms with Gasteiger partial charge < -0.3 is 5.32 Å². The number of sulfonamides is 1. The first kappa shape index (κ1) is 21.7. The van der Waals surface area contributed by atoms with Gasteiger partial charge in [0.25, 0.3) is 5.91 Å². The molecule has 0 aliphatic carbocycles. The molecule has 6 heteroatoms. The Hall–Kier alpha value is -2.96. The fourth-order valence-corrected chi connectivity index (χ4v) is 4.21. The lowest BCUT2D eigenvalue weighted by molar-refractivity contribution is 0.0952. The Kier molecular flexibility index (Phi) is 7.03. The van der Waals surface area contributed by atoms with E-state index in [-0.39, 0.29) is 16.7 Å². The zero-order chi connectivity index (χ0) is 21.6. The van der Waals surface area contributed by atoms with Gasteiger partial charge in [0.15, 0.2) is 0 Å². The van der Waals surface area contributed by atoms with Crippen LogP contribution >= 0.6 is 0 Å².